The Hall–Kier alpha value is -4.21. The van der Waals surface area contributed by atoms with Gasteiger partial charge in [-0.2, -0.15) is 4.98 Å². The molecule has 2 saturated heterocycles. The van der Waals surface area contributed by atoms with Crippen molar-refractivity contribution in [1.29, 1.82) is 0 Å². The van der Waals surface area contributed by atoms with Gasteiger partial charge in [0.1, 0.15) is 18.8 Å². The molecule has 2 fully saturated rings. The van der Waals surface area contributed by atoms with Gasteiger partial charge in [-0.15, -0.1) is 0 Å². The number of likely N-dealkylation sites (tertiary alicyclic amines) is 2. The van der Waals surface area contributed by atoms with Gasteiger partial charge in [0.15, 0.2) is 5.82 Å². The van der Waals surface area contributed by atoms with Gasteiger partial charge in [0.05, 0.1) is 12.3 Å². The van der Waals surface area contributed by atoms with Gasteiger partial charge in [-0.25, -0.2) is 4.79 Å². The molecule has 1 aromatic heterocycles. The molecule has 2 aliphatic rings. The Balaban J connectivity index is 1.29. The standard InChI is InChI=1S/C30H35N5O5/c1-30(2,3)39-29(37)34-16-14-22(15-17-34)26-31-27(40-33-26)25-18-24(32-38-4)19-35(25)28(36)23-12-10-21(11-13-23)20-8-6-5-7-9-20/h5-13,22,25H,14-19H2,1-4H3/b32-24+/t25-/m0/s1. The average Bonchev–Trinajstić information content (AvgIpc) is 3.60. The lowest BCUT2D eigenvalue weighted by Gasteiger charge is -2.32. The van der Waals surface area contributed by atoms with Crippen LogP contribution in [0.3, 0.4) is 0 Å². The lowest BCUT2D eigenvalue weighted by atomic mass is 9.96. The third kappa shape index (κ3) is 6.16. The summed E-state index contributed by atoms with van der Waals surface area (Å²) in [6.45, 7) is 7.00. The molecule has 1 atom stereocenters. The van der Waals surface area contributed by atoms with Gasteiger partial charge in [0.2, 0.25) is 5.89 Å². The zero-order valence-corrected chi connectivity index (χ0v) is 23.4. The highest BCUT2D eigenvalue weighted by Gasteiger charge is 2.39. The summed E-state index contributed by atoms with van der Waals surface area (Å²) >= 11 is 0. The quantitative estimate of drug-likeness (QED) is 0.393. The fourth-order valence-electron chi connectivity index (χ4n) is 5.13. The number of benzene rings is 2. The molecule has 0 aliphatic carbocycles. The first-order chi connectivity index (χ1) is 19.2. The minimum atomic E-state index is -0.532. The Morgan fingerprint density at radius 3 is 2.33 bits per heavy atom. The van der Waals surface area contributed by atoms with Crippen LogP contribution in [-0.4, -0.2) is 70.0 Å². The summed E-state index contributed by atoms with van der Waals surface area (Å²) in [5, 5.41) is 8.38. The zero-order valence-electron chi connectivity index (χ0n) is 23.4. The van der Waals surface area contributed by atoms with Crippen molar-refractivity contribution in [2.45, 2.75) is 57.6 Å². The molecular formula is C30H35N5O5. The number of hydrogen-bond acceptors (Lipinski definition) is 8. The van der Waals surface area contributed by atoms with Gasteiger partial charge >= 0.3 is 6.09 Å². The SMILES string of the molecule is CO/N=C1\C[C@@H](c2nc(C3CCN(C(=O)OC(C)(C)C)CC3)no2)N(C(=O)c2ccc(-c3ccccc3)cc2)C1. The molecule has 2 aliphatic heterocycles. The van der Waals surface area contributed by atoms with E-state index in [-0.39, 0.29) is 17.9 Å². The number of nitrogens with zero attached hydrogens (tertiary/aromatic N) is 5. The summed E-state index contributed by atoms with van der Waals surface area (Å²) < 4.78 is 11.2. The molecule has 10 heteroatoms. The number of aromatic nitrogens is 2. The molecule has 210 valence electrons. The second-order valence-electron chi connectivity index (χ2n) is 11.2. The summed E-state index contributed by atoms with van der Waals surface area (Å²) in [4.78, 5) is 39.2. The molecule has 2 amide bonds. The molecule has 10 nitrogen and oxygen atoms in total. The Labute approximate surface area is 233 Å². The third-order valence-electron chi connectivity index (χ3n) is 7.13. The van der Waals surface area contributed by atoms with E-state index >= 15 is 0 Å². The first-order valence-electron chi connectivity index (χ1n) is 13.6. The van der Waals surface area contributed by atoms with Gasteiger partial charge in [0.25, 0.3) is 5.91 Å². The number of piperidine rings is 1. The van der Waals surface area contributed by atoms with E-state index in [2.05, 4.69) is 10.3 Å². The Morgan fingerprint density at radius 2 is 1.68 bits per heavy atom. The van der Waals surface area contributed by atoms with Crippen molar-refractivity contribution in [3.63, 3.8) is 0 Å². The van der Waals surface area contributed by atoms with Crippen LogP contribution >= 0.6 is 0 Å². The van der Waals surface area contributed by atoms with Crippen LogP contribution in [-0.2, 0) is 9.57 Å². The second kappa shape index (κ2) is 11.5. The van der Waals surface area contributed by atoms with E-state index in [1.165, 1.54) is 7.11 Å². The second-order valence-corrected chi connectivity index (χ2v) is 11.2. The topological polar surface area (TPSA) is 110 Å². The maximum atomic E-state index is 13.6. The number of rotatable bonds is 5. The summed E-state index contributed by atoms with van der Waals surface area (Å²) in [7, 11) is 1.49. The van der Waals surface area contributed by atoms with E-state index < -0.39 is 11.6 Å². The highest BCUT2D eigenvalue weighted by Crippen LogP contribution is 2.34. The minimum absolute atomic E-state index is 0.0550. The highest BCUT2D eigenvalue weighted by atomic mass is 16.6. The van der Waals surface area contributed by atoms with Crippen molar-refractivity contribution < 1.29 is 23.7 Å². The Kier molecular flexibility index (Phi) is 7.86. The van der Waals surface area contributed by atoms with Crippen molar-refractivity contribution >= 4 is 17.7 Å². The van der Waals surface area contributed by atoms with Crippen LogP contribution < -0.4 is 0 Å². The van der Waals surface area contributed by atoms with Crippen LogP contribution in [0.4, 0.5) is 4.79 Å². The van der Waals surface area contributed by atoms with E-state index in [1.54, 1.807) is 9.80 Å². The van der Waals surface area contributed by atoms with Crippen molar-refractivity contribution in [2.24, 2.45) is 5.16 Å². The monoisotopic (exact) mass is 545 g/mol. The molecule has 0 N–H and O–H groups in total. The molecule has 0 unspecified atom stereocenters. The molecule has 40 heavy (non-hydrogen) atoms. The van der Waals surface area contributed by atoms with Crippen LogP contribution in [0.5, 0.6) is 0 Å². The van der Waals surface area contributed by atoms with Crippen LogP contribution in [0.2, 0.25) is 0 Å². The van der Waals surface area contributed by atoms with E-state index in [4.69, 9.17) is 19.1 Å². The molecule has 0 radical (unpaired) electrons. The molecular weight excluding hydrogens is 510 g/mol. The highest BCUT2D eigenvalue weighted by molar-refractivity contribution is 6.00. The number of carbonyl (C=O) groups excluding carboxylic acids is 2. The number of carbonyl (C=O) groups is 2. The first kappa shape index (κ1) is 27.4. The molecule has 0 bridgehead atoms. The lowest BCUT2D eigenvalue weighted by molar-refractivity contribution is 0.0202. The van der Waals surface area contributed by atoms with Crippen LogP contribution in [0.1, 0.15) is 74.1 Å². The summed E-state index contributed by atoms with van der Waals surface area (Å²) in [6, 6.07) is 17.2. The van der Waals surface area contributed by atoms with Crippen LogP contribution in [0, 0.1) is 0 Å². The van der Waals surface area contributed by atoms with Crippen molar-refractivity contribution in [3.8, 4) is 11.1 Å². The third-order valence-corrected chi connectivity index (χ3v) is 7.13. The largest absolute Gasteiger partial charge is 0.444 e. The first-order valence-corrected chi connectivity index (χ1v) is 13.6. The lowest BCUT2D eigenvalue weighted by Crippen LogP contribution is -2.41. The van der Waals surface area contributed by atoms with E-state index in [0.717, 1.165) is 16.8 Å². The predicted molar refractivity (Wildman–Crippen MR) is 149 cm³/mol. The van der Waals surface area contributed by atoms with E-state index in [1.807, 2.05) is 75.4 Å². The summed E-state index contributed by atoms with van der Waals surface area (Å²) in [5.74, 6) is 0.881. The molecule has 3 aromatic rings. The van der Waals surface area contributed by atoms with Gasteiger partial charge in [-0.05, 0) is 56.9 Å². The molecule has 3 heterocycles. The van der Waals surface area contributed by atoms with Crippen molar-refractivity contribution in [2.75, 3.05) is 26.7 Å². The van der Waals surface area contributed by atoms with Gasteiger partial charge in [-0.1, -0.05) is 52.8 Å². The number of ether oxygens (including phenoxy) is 1. The zero-order chi connectivity index (χ0) is 28.3. The normalized spacial score (nSPS) is 19.2. The van der Waals surface area contributed by atoms with Crippen LogP contribution in [0.15, 0.2) is 64.3 Å². The van der Waals surface area contributed by atoms with Gasteiger partial charge in [-0.3, -0.25) is 4.79 Å². The molecule has 0 spiro atoms. The van der Waals surface area contributed by atoms with Gasteiger partial charge < -0.3 is 23.9 Å². The maximum Gasteiger partial charge on any atom is 0.410 e. The maximum absolute atomic E-state index is 13.6. The average molecular weight is 546 g/mol. The van der Waals surface area contributed by atoms with Crippen LogP contribution in [0.25, 0.3) is 11.1 Å². The van der Waals surface area contributed by atoms with Crippen molar-refractivity contribution in [1.82, 2.24) is 19.9 Å². The number of oxime groups is 1. The minimum Gasteiger partial charge on any atom is -0.444 e. The smallest absolute Gasteiger partial charge is 0.410 e. The summed E-state index contributed by atoms with van der Waals surface area (Å²) in [6.07, 6.45) is 1.55. The molecule has 5 rings (SSSR count). The molecule has 0 saturated carbocycles. The fraction of sp³-hybridized carbons (Fsp3) is 0.433. The predicted octanol–water partition coefficient (Wildman–Crippen LogP) is 5.44. The Morgan fingerprint density at radius 1 is 1.00 bits per heavy atom. The number of hydrogen-bond donors (Lipinski definition) is 0. The summed E-state index contributed by atoms with van der Waals surface area (Å²) in [5.41, 5.74) is 2.89. The molecule has 2 aromatic carbocycles. The van der Waals surface area contributed by atoms with Gasteiger partial charge in [0, 0.05) is 31.0 Å². The van der Waals surface area contributed by atoms with Crippen molar-refractivity contribution in [3.05, 3.63) is 71.9 Å². The Bertz CT molecular complexity index is 1360. The fourth-order valence-corrected chi connectivity index (χ4v) is 5.13. The van der Waals surface area contributed by atoms with E-state index in [9.17, 15) is 9.59 Å². The number of amides is 2. The van der Waals surface area contributed by atoms with E-state index in [0.29, 0.717) is 56.2 Å².